The Morgan fingerprint density at radius 3 is 2.09 bits per heavy atom. The summed E-state index contributed by atoms with van der Waals surface area (Å²) in [5, 5.41) is 24.1. The molecule has 0 aromatic rings. The molecule has 0 saturated heterocycles. The summed E-state index contributed by atoms with van der Waals surface area (Å²) < 4.78 is 0. The third kappa shape index (κ3) is 9.42. The van der Waals surface area contributed by atoms with Crippen molar-refractivity contribution in [3.63, 3.8) is 0 Å². The highest BCUT2D eigenvalue weighted by Crippen LogP contribution is 2.04. The number of carbonyl (C=O) groups excluding carboxylic acids is 3. The van der Waals surface area contributed by atoms with E-state index in [0.29, 0.717) is 6.42 Å². The van der Waals surface area contributed by atoms with Gasteiger partial charge in [-0.1, -0.05) is 13.8 Å². The molecule has 0 aromatic carbocycles. The van der Waals surface area contributed by atoms with E-state index in [0.717, 1.165) is 0 Å². The molecule has 0 rings (SSSR count). The molecule has 0 aliphatic rings. The Bertz CT molecular complexity index is 440. The van der Waals surface area contributed by atoms with Gasteiger partial charge in [0.2, 0.25) is 17.7 Å². The van der Waals surface area contributed by atoms with Crippen LogP contribution in [0.25, 0.3) is 0 Å². The first-order chi connectivity index (χ1) is 10.7. The van der Waals surface area contributed by atoms with Crippen LogP contribution in [-0.4, -0.2) is 65.7 Å². The summed E-state index contributed by atoms with van der Waals surface area (Å²) in [7, 11) is 0. The predicted molar refractivity (Wildman–Crippen MR) is 80.1 cm³/mol. The summed E-state index contributed by atoms with van der Waals surface area (Å²) in [4.78, 5) is 45.4. The first-order valence-corrected chi connectivity index (χ1v) is 7.10. The predicted octanol–water partition coefficient (Wildman–Crippen LogP) is -2.85. The number of carboxylic acid groups (broad SMARTS) is 1. The zero-order chi connectivity index (χ0) is 18.0. The fraction of sp³-hybridized carbons (Fsp3) is 0.692. The fourth-order valence-corrected chi connectivity index (χ4v) is 1.62. The van der Waals surface area contributed by atoms with Crippen LogP contribution in [0.2, 0.25) is 0 Å². The van der Waals surface area contributed by atoms with Crippen molar-refractivity contribution >= 4 is 23.7 Å². The lowest BCUT2D eigenvalue weighted by Crippen LogP contribution is -2.52. The molecule has 7 N–H and O–H groups in total. The molecule has 0 fully saturated rings. The number of carboxylic acids is 1. The molecule has 23 heavy (non-hydrogen) atoms. The number of nitrogens with two attached hydrogens (primary N) is 1. The first kappa shape index (κ1) is 20.8. The average Bonchev–Trinajstić information content (AvgIpc) is 2.48. The summed E-state index contributed by atoms with van der Waals surface area (Å²) in [5.41, 5.74) is 5.27. The van der Waals surface area contributed by atoms with E-state index in [1.807, 2.05) is 13.8 Å². The third-order valence-corrected chi connectivity index (χ3v) is 2.73. The van der Waals surface area contributed by atoms with E-state index in [1.165, 1.54) is 0 Å². The number of aliphatic hydroxyl groups excluding tert-OH is 1. The number of aliphatic hydroxyl groups is 1. The number of aliphatic carboxylic acids is 1. The van der Waals surface area contributed by atoms with E-state index in [4.69, 9.17) is 15.9 Å². The molecule has 0 radical (unpaired) electrons. The van der Waals surface area contributed by atoms with Gasteiger partial charge in [0, 0.05) is 0 Å². The van der Waals surface area contributed by atoms with Gasteiger partial charge < -0.3 is 31.9 Å². The van der Waals surface area contributed by atoms with Crippen molar-refractivity contribution < 1.29 is 29.4 Å². The topological polar surface area (TPSA) is 171 Å². The maximum Gasteiger partial charge on any atom is 0.322 e. The molecule has 132 valence electrons. The highest BCUT2D eigenvalue weighted by Gasteiger charge is 2.22. The molecule has 10 heteroatoms. The number of amides is 3. The Hall–Kier alpha value is -2.20. The Labute approximate surface area is 133 Å². The Morgan fingerprint density at radius 2 is 1.61 bits per heavy atom. The molecule has 0 bridgehead atoms. The Kier molecular flexibility index (Phi) is 9.51. The van der Waals surface area contributed by atoms with Crippen LogP contribution in [-0.2, 0) is 19.2 Å². The summed E-state index contributed by atoms with van der Waals surface area (Å²) in [6, 6.07) is -2.04. The van der Waals surface area contributed by atoms with Crippen LogP contribution in [0, 0.1) is 5.92 Å². The zero-order valence-corrected chi connectivity index (χ0v) is 13.2. The summed E-state index contributed by atoms with van der Waals surface area (Å²) in [5.74, 6) is -3.06. The van der Waals surface area contributed by atoms with Gasteiger partial charge in [-0.15, -0.1) is 0 Å². The SMILES string of the molecule is CC(C)CC(NC(=O)CNC(=O)C(N)CO)C(=O)NCC(=O)O. The van der Waals surface area contributed by atoms with Gasteiger partial charge in [-0.05, 0) is 12.3 Å². The number of carbonyl (C=O) groups is 4. The number of hydrogen-bond acceptors (Lipinski definition) is 6. The minimum Gasteiger partial charge on any atom is -0.480 e. The third-order valence-electron chi connectivity index (χ3n) is 2.73. The van der Waals surface area contributed by atoms with Crippen molar-refractivity contribution in [3.05, 3.63) is 0 Å². The van der Waals surface area contributed by atoms with Crippen LogP contribution < -0.4 is 21.7 Å². The molecular formula is C13H24N4O6. The van der Waals surface area contributed by atoms with Crippen molar-refractivity contribution in [1.29, 1.82) is 0 Å². The number of hydrogen-bond donors (Lipinski definition) is 6. The van der Waals surface area contributed by atoms with E-state index >= 15 is 0 Å². The molecule has 0 heterocycles. The minimum absolute atomic E-state index is 0.0771. The molecule has 0 spiro atoms. The van der Waals surface area contributed by atoms with Gasteiger partial charge in [0.15, 0.2) is 0 Å². The molecule has 0 aliphatic heterocycles. The summed E-state index contributed by atoms with van der Waals surface area (Å²) >= 11 is 0. The fourth-order valence-electron chi connectivity index (χ4n) is 1.62. The van der Waals surface area contributed by atoms with Crippen LogP contribution in [0.3, 0.4) is 0 Å². The maximum absolute atomic E-state index is 11.9. The molecule has 0 saturated carbocycles. The number of nitrogens with one attached hydrogen (secondary N) is 3. The van der Waals surface area contributed by atoms with Crippen molar-refractivity contribution in [2.75, 3.05) is 19.7 Å². The van der Waals surface area contributed by atoms with Crippen molar-refractivity contribution in [1.82, 2.24) is 16.0 Å². The smallest absolute Gasteiger partial charge is 0.322 e. The van der Waals surface area contributed by atoms with E-state index in [1.54, 1.807) is 0 Å². The molecule has 2 unspecified atom stereocenters. The van der Waals surface area contributed by atoms with Crippen LogP contribution in [0.5, 0.6) is 0 Å². The largest absolute Gasteiger partial charge is 0.480 e. The minimum atomic E-state index is -1.20. The Balaban J connectivity index is 4.51. The quantitative estimate of drug-likeness (QED) is 0.250. The zero-order valence-electron chi connectivity index (χ0n) is 13.2. The highest BCUT2D eigenvalue weighted by molar-refractivity contribution is 5.91. The average molecular weight is 332 g/mol. The second-order valence-corrected chi connectivity index (χ2v) is 5.37. The van der Waals surface area contributed by atoms with Crippen LogP contribution in [0.4, 0.5) is 0 Å². The van der Waals surface area contributed by atoms with Gasteiger partial charge >= 0.3 is 5.97 Å². The lowest BCUT2D eigenvalue weighted by Gasteiger charge is -2.20. The van der Waals surface area contributed by atoms with Gasteiger partial charge in [0.25, 0.3) is 0 Å². The molecular weight excluding hydrogens is 308 g/mol. The van der Waals surface area contributed by atoms with E-state index in [-0.39, 0.29) is 5.92 Å². The molecule has 0 aromatic heterocycles. The van der Waals surface area contributed by atoms with Crippen molar-refractivity contribution in [2.24, 2.45) is 11.7 Å². The standard InChI is InChI=1S/C13H24N4O6/c1-7(2)3-9(13(23)16-5-11(20)21)17-10(19)4-15-12(22)8(14)6-18/h7-9,18H,3-6,14H2,1-2H3,(H,15,22)(H,16,23)(H,17,19)(H,20,21). The molecule has 10 nitrogen and oxygen atoms in total. The lowest BCUT2D eigenvalue weighted by atomic mass is 10.0. The molecule has 2 atom stereocenters. The van der Waals surface area contributed by atoms with E-state index in [2.05, 4.69) is 16.0 Å². The van der Waals surface area contributed by atoms with Crippen molar-refractivity contribution in [3.8, 4) is 0 Å². The number of rotatable bonds is 10. The van der Waals surface area contributed by atoms with Gasteiger partial charge in [-0.3, -0.25) is 19.2 Å². The van der Waals surface area contributed by atoms with E-state index < -0.39 is 55.5 Å². The van der Waals surface area contributed by atoms with Crippen LogP contribution in [0.15, 0.2) is 0 Å². The van der Waals surface area contributed by atoms with Gasteiger partial charge in [-0.2, -0.15) is 0 Å². The molecule has 3 amide bonds. The summed E-state index contributed by atoms with van der Waals surface area (Å²) in [6.45, 7) is 2.16. The van der Waals surface area contributed by atoms with Crippen LogP contribution in [0.1, 0.15) is 20.3 Å². The second kappa shape index (κ2) is 10.5. The monoisotopic (exact) mass is 332 g/mol. The maximum atomic E-state index is 11.9. The normalized spacial score (nSPS) is 13.1. The van der Waals surface area contributed by atoms with Gasteiger partial charge in [-0.25, -0.2) is 0 Å². The lowest BCUT2D eigenvalue weighted by molar-refractivity contribution is -0.138. The van der Waals surface area contributed by atoms with Crippen LogP contribution >= 0.6 is 0 Å². The second-order valence-electron chi connectivity index (χ2n) is 5.37. The molecule has 0 aliphatic carbocycles. The highest BCUT2D eigenvalue weighted by atomic mass is 16.4. The van der Waals surface area contributed by atoms with Crippen molar-refractivity contribution in [2.45, 2.75) is 32.4 Å². The summed E-state index contributed by atoms with van der Waals surface area (Å²) in [6.07, 6.45) is 0.307. The van der Waals surface area contributed by atoms with E-state index in [9.17, 15) is 19.2 Å². The Morgan fingerprint density at radius 1 is 1.04 bits per heavy atom. The first-order valence-electron chi connectivity index (χ1n) is 7.10. The van der Waals surface area contributed by atoms with Gasteiger partial charge in [0.1, 0.15) is 18.6 Å². The van der Waals surface area contributed by atoms with Gasteiger partial charge in [0.05, 0.1) is 13.2 Å².